The van der Waals surface area contributed by atoms with Crippen LogP contribution in [0.5, 0.6) is 0 Å². The van der Waals surface area contributed by atoms with E-state index in [-0.39, 0.29) is 24.9 Å². The van der Waals surface area contributed by atoms with Gasteiger partial charge in [0.25, 0.3) is 0 Å². The molecule has 1 heterocycles. The number of carbonyl (C=O) groups is 1. The third kappa shape index (κ3) is 4.24. The minimum atomic E-state index is -0.674. The minimum Gasteiger partial charge on any atom is -0.383 e. The van der Waals surface area contributed by atoms with E-state index < -0.39 is 6.04 Å². The summed E-state index contributed by atoms with van der Waals surface area (Å²) in [6, 6.07) is 6.66. The largest absolute Gasteiger partial charge is 0.383 e. The molecule has 2 rings (SSSR count). The Morgan fingerprint density at radius 3 is 2.70 bits per heavy atom. The fraction of sp³-hybridized carbons (Fsp3) is 0.250. The lowest BCUT2D eigenvalue weighted by Gasteiger charge is -2.11. The molecule has 0 fully saturated rings. The number of carbonyl (C=O) groups excluding carboxylic acids is 1. The Morgan fingerprint density at radius 2 is 2.15 bits per heavy atom. The molecule has 0 spiro atoms. The topological polar surface area (TPSA) is 90.1 Å². The summed E-state index contributed by atoms with van der Waals surface area (Å²) in [6.07, 6.45) is 0. The normalized spacial score (nSPS) is 11.5. The molecule has 1 aromatic carbocycles. The van der Waals surface area contributed by atoms with Gasteiger partial charge in [0.1, 0.15) is 11.7 Å². The van der Waals surface area contributed by atoms with Gasteiger partial charge in [0.15, 0.2) is 0 Å². The summed E-state index contributed by atoms with van der Waals surface area (Å²) in [7, 11) is 1.50. The van der Waals surface area contributed by atoms with Crippen LogP contribution in [0.25, 0.3) is 11.3 Å². The van der Waals surface area contributed by atoms with Crippen LogP contribution in [-0.2, 0) is 9.53 Å². The van der Waals surface area contributed by atoms with Crippen LogP contribution < -0.4 is 11.1 Å². The Bertz CT molecular complexity index is 533. The quantitative estimate of drug-likeness (QED) is 0.873. The van der Waals surface area contributed by atoms with Crippen LogP contribution in [0, 0.1) is 0 Å². The van der Waals surface area contributed by atoms with Crippen molar-refractivity contribution in [1.29, 1.82) is 0 Å². The van der Waals surface area contributed by atoms with Crippen LogP contribution in [0.1, 0.15) is 0 Å². The van der Waals surface area contributed by atoms with Crippen molar-refractivity contribution in [2.45, 2.75) is 6.04 Å². The number of hydrogen-bond donors (Lipinski definition) is 2. The summed E-state index contributed by atoms with van der Waals surface area (Å²) >= 11 is 1.30. The summed E-state index contributed by atoms with van der Waals surface area (Å²) in [5, 5.41) is 8.56. The molecule has 1 unspecified atom stereocenters. The molecule has 2 aromatic rings. The van der Waals surface area contributed by atoms with Gasteiger partial charge < -0.3 is 15.8 Å². The molecule has 0 aliphatic carbocycles. The molecule has 0 saturated carbocycles. The van der Waals surface area contributed by atoms with Crippen molar-refractivity contribution in [1.82, 2.24) is 9.59 Å². The molecule has 0 radical (unpaired) electrons. The molecular formula is C12H15ClN4O2S. The smallest absolute Gasteiger partial charge is 0.243 e. The summed E-state index contributed by atoms with van der Waals surface area (Å²) in [5.41, 5.74) is 8.08. The van der Waals surface area contributed by atoms with Crippen molar-refractivity contribution in [3.63, 3.8) is 0 Å². The van der Waals surface area contributed by atoms with Crippen LogP contribution >= 0.6 is 23.9 Å². The van der Waals surface area contributed by atoms with Crippen LogP contribution in [0.15, 0.2) is 29.6 Å². The molecule has 0 aliphatic heterocycles. The Morgan fingerprint density at radius 1 is 1.45 bits per heavy atom. The first-order valence-electron chi connectivity index (χ1n) is 5.63. The van der Waals surface area contributed by atoms with Gasteiger partial charge >= 0.3 is 0 Å². The van der Waals surface area contributed by atoms with Gasteiger partial charge in [-0.05, 0) is 23.7 Å². The molecule has 0 aliphatic rings. The average molecular weight is 315 g/mol. The number of methoxy groups -OCH3 is 1. The minimum absolute atomic E-state index is 0. The number of benzene rings is 1. The second kappa shape index (κ2) is 7.91. The molecule has 0 bridgehead atoms. The predicted octanol–water partition coefficient (Wildman–Crippen LogP) is 1.54. The second-order valence-electron chi connectivity index (χ2n) is 3.92. The Hall–Kier alpha value is -1.54. The standard InChI is InChI=1S/C12H14N4O2S.ClH/c1-18-6-10(13)12(17)14-9-4-2-8(3-5-9)11-7-19-16-15-11;/h2-5,7,10H,6,13H2,1H3,(H,14,17);1H. The summed E-state index contributed by atoms with van der Waals surface area (Å²) < 4.78 is 8.64. The number of halogens is 1. The number of amides is 1. The maximum absolute atomic E-state index is 11.7. The SMILES string of the molecule is COCC(N)C(=O)Nc1ccc(-c2csnn2)cc1.Cl. The lowest BCUT2D eigenvalue weighted by Crippen LogP contribution is -2.39. The van der Waals surface area contributed by atoms with Crippen molar-refractivity contribution in [3.05, 3.63) is 29.6 Å². The Kier molecular flexibility index (Phi) is 6.53. The van der Waals surface area contributed by atoms with Gasteiger partial charge in [0, 0.05) is 23.7 Å². The van der Waals surface area contributed by atoms with Gasteiger partial charge in [-0.3, -0.25) is 4.79 Å². The van der Waals surface area contributed by atoms with E-state index >= 15 is 0 Å². The van der Waals surface area contributed by atoms with E-state index in [9.17, 15) is 4.79 Å². The van der Waals surface area contributed by atoms with Gasteiger partial charge in [-0.2, -0.15) is 0 Å². The first-order chi connectivity index (χ1) is 9.20. The molecule has 1 amide bonds. The summed E-state index contributed by atoms with van der Waals surface area (Å²) in [4.78, 5) is 11.7. The van der Waals surface area contributed by atoms with Crippen LogP contribution in [0.2, 0.25) is 0 Å². The number of nitrogens with two attached hydrogens (primary N) is 1. The maximum Gasteiger partial charge on any atom is 0.243 e. The summed E-state index contributed by atoms with van der Waals surface area (Å²) in [5.74, 6) is -0.273. The maximum atomic E-state index is 11.7. The van der Waals surface area contributed by atoms with Crippen LogP contribution in [0.3, 0.4) is 0 Å². The first kappa shape index (κ1) is 16.5. The number of rotatable bonds is 5. The molecule has 108 valence electrons. The highest BCUT2D eigenvalue weighted by molar-refractivity contribution is 7.03. The molecular weight excluding hydrogens is 300 g/mol. The highest BCUT2D eigenvalue weighted by Gasteiger charge is 2.13. The number of aromatic nitrogens is 2. The third-order valence-electron chi connectivity index (χ3n) is 2.49. The highest BCUT2D eigenvalue weighted by atomic mass is 35.5. The van der Waals surface area contributed by atoms with E-state index in [2.05, 4.69) is 14.9 Å². The zero-order valence-corrected chi connectivity index (χ0v) is 12.4. The zero-order chi connectivity index (χ0) is 13.7. The molecule has 1 atom stereocenters. The fourth-order valence-electron chi connectivity index (χ4n) is 1.50. The molecule has 3 N–H and O–H groups in total. The number of ether oxygens (including phenoxy) is 1. The summed E-state index contributed by atoms with van der Waals surface area (Å²) in [6.45, 7) is 0.189. The van der Waals surface area contributed by atoms with E-state index in [0.29, 0.717) is 5.69 Å². The molecule has 0 saturated heterocycles. The van der Waals surface area contributed by atoms with Gasteiger partial charge in [0.2, 0.25) is 5.91 Å². The fourth-order valence-corrected chi connectivity index (χ4v) is 1.97. The molecule has 1 aromatic heterocycles. The molecule has 20 heavy (non-hydrogen) atoms. The number of hydrogen-bond acceptors (Lipinski definition) is 6. The zero-order valence-electron chi connectivity index (χ0n) is 10.8. The van der Waals surface area contributed by atoms with Crippen molar-refractivity contribution >= 4 is 35.5 Å². The monoisotopic (exact) mass is 314 g/mol. The molecule has 6 nitrogen and oxygen atoms in total. The lowest BCUT2D eigenvalue weighted by molar-refractivity contribution is -0.118. The van der Waals surface area contributed by atoms with E-state index in [0.717, 1.165) is 11.3 Å². The third-order valence-corrected chi connectivity index (χ3v) is 3.00. The second-order valence-corrected chi connectivity index (χ2v) is 4.53. The Balaban J connectivity index is 0.00000200. The first-order valence-corrected chi connectivity index (χ1v) is 6.47. The number of nitrogens with one attached hydrogen (secondary N) is 1. The van der Waals surface area contributed by atoms with Crippen molar-refractivity contribution < 1.29 is 9.53 Å². The van der Waals surface area contributed by atoms with E-state index in [1.165, 1.54) is 18.6 Å². The highest BCUT2D eigenvalue weighted by Crippen LogP contribution is 2.20. The van der Waals surface area contributed by atoms with E-state index in [4.69, 9.17) is 10.5 Å². The average Bonchev–Trinajstić information content (AvgIpc) is 2.94. The number of nitrogens with zero attached hydrogens (tertiary/aromatic N) is 2. The van der Waals surface area contributed by atoms with E-state index in [1.807, 2.05) is 17.5 Å². The van der Waals surface area contributed by atoms with Crippen LogP contribution in [0.4, 0.5) is 5.69 Å². The van der Waals surface area contributed by atoms with Crippen LogP contribution in [-0.4, -0.2) is 35.3 Å². The number of anilines is 1. The molecule has 8 heteroatoms. The van der Waals surface area contributed by atoms with Gasteiger partial charge in [-0.15, -0.1) is 17.5 Å². The van der Waals surface area contributed by atoms with Crippen molar-refractivity contribution in [2.75, 3.05) is 19.0 Å². The lowest BCUT2D eigenvalue weighted by atomic mass is 10.1. The van der Waals surface area contributed by atoms with Crippen molar-refractivity contribution in [3.8, 4) is 11.3 Å². The predicted molar refractivity (Wildman–Crippen MR) is 81.1 cm³/mol. The van der Waals surface area contributed by atoms with Crippen molar-refractivity contribution in [2.24, 2.45) is 5.73 Å². The Labute approximate surface area is 126 Å². The van der Waals surface area contributed by atoms with Gasteiger partial charge in [-0.25, -0.2) is 0 Å². The van der Waals surface area contributed by atoms with E-state index in [1.54, 1.807) is 12.1 Å². The van der Waals surface area contributed by atoms with Gasteiger partial charge in [0.05, 0.1) is 6.61 Å². The van der Waals surface area contributed by atoms with Gasteiger partial charge in [-0.1, -0.05) is 16.6 Å².